The molecule has 1 unspecified atom stereocenters. The summed E-state index contributed by atoms with van der Waals surface area (Å²) in [6.45, 7) is 0. The quantitative estimate of drug-likeness (QED) is 0.930. The van der Waals surface area contributed by atoms with Gasteiger partial charge in [-0.1, -0.05) is 30.3 Å². The zero-order valence-corrected chi connectivity index (χ0v) is 9.93. The van der Waals surface area contributed by atoms with E-state index in [2.05, 4.69) is 9.97 Å². The first-order chi connectivity index (χ1) is 8.97. The van der Waals surface area contributed by atoms with Crippen LogP contribution in [0.25, 0.3) is 0 Å². The monoisotopic (exact) mass is 267 g/mol. The summed E-state index contributed by atoms with van der Waals surface area (Å²) < 4.78 is 37.5. The van der Waals surface area contributed by atoms with Gasteiger partial charge in [0, 0.05) is 18.7 Å². The van der Waals surface area contributed by atoms with Gasteiger partial charge in [-0.2, -0.15) is 13.2 Å². The lowest BCUT2D eigenvalue weighted by atomic mass is 10.0. The number of aromatic nitrogens is 2. The third kappa shape index (κ3) is 3.51. The molecule has 0 radical (unpaired) electrons. The van der Waals surface area contributed by atoms with E-state index in [4.69, 9.17) is 5.73 Å². The van der Waals surface area contributed by atoms with Gasteiger partial charge in [-0.25, -0.2) is 9.97 Å². The maximum atomic E-state index is 12.5. The van der Waals surface area contributed by atoms with Crippen molar-refractivity contribution >= 4 is 0 Å². The number of rotatable bonds is 3. The van der Waals surface area contributed by atoms with Gasteiger partial charge in [-0.05, 0) is 11.6 Å². The van der Waals surface area contributed by atoms with E-state index in [9.17, 15) is 13.2 Å². The molecule has 0 amide bonds. The Labute approximate surface area is 108 Å². The van der Waals surface area contributed by atoms with E-state index in [1.807, 2.05) is 30.3 Å². The fraction of sp³-hybridized carbons (Fsp3) is 0.231. The summed E-state index contributed by atoms with van der Waals surface area (Å²) >= 11 is 0. The molecule has 0 fully saturated rings. The summed E-state index contributed by atoms with van der Waals surface area (Å²) in [6.07, 6.45) is -3.20. The standard InChI is InChI=1S/C13H12F3N3/c14-13(15,16)11-6-7-18-12(19-11)8-10(17)9-4-2-1-3-5-9/h1-7,10H,8,17H2. The third-order valence-electron chi connectivity index (χ3n) is 2.63. The van der Waals surface area contributed by atoms with Crippen LogP contribution in [0.3, 0.4) is 0 Å². The van der Waals surface area contributed by atoms with Gasteiger partial charge in [0.15, 0.2) is 0 Å². The van der Waals surface area contributed by atoms with Gasteiger partial charge in [0.25, 0.3) is 0 Å². The molecule has 0 aliphatic heterocycles. The minimum atomic E-state index is -4.46. The molecule has 1 heterocycles. The van der Waals surface area contributed by atoms with Gasteiger partial charge in [0.05, 0.1) is 0 Å². The van der Waals surface area contributed by atoms with Crippen LogP contribution in [0.4, 0.5) is 13.2 Å². The van der Waals surface area contributed by atoms with Crippen molar-refractivity contribution in [3.63, 3.8) is 0 Å². The molecule has 0 saturated heterocycles. The van der Waals surface area contributed by atoms with Crippen LogP contribution < -0.4 is 5.73 Å². The first kappa shape index (κ1) is 13.5. The highest BCUT2D eigenvalue weighted by Gasteiger charge is 2.32. The SMILES string of the molecule is NC(Cc1nccc(C(F)(F)F)n1)c1ccccc1. The zero-order chi connectivity index (χ0) is 13.9. The van der Waals surface area contributed by atoms with Crippen molar-refractivity contribution in [3.8, 4) is 0 Å². The predicted octanol–water partition coefficient (Wildman–Crippen LogP) is 2.74. The Kier molecular flexibility index (Phi) is 3.80. The fourth-order valence-electron chi connectivity index (χ4n) is 1.67. The van der Waals surface area contributed by atoms with Gasteiger partial charge in [0.1, 0.15) is 11.5 Å². The Morgan fingerprint density at radius 1 is 1.11 bits per heavy atom. The second-order valence-electron chi connectivity index (χ2n) is 4.08. The van der Waals surface area contributed by atoms with Crippen molar-refractivity contribution < 1.29 is 13.2 Å². The van der Waals surface area contributed by atoms with E-state index >= 15 is 0 Å². The number of halogens is 3. The Balaban J connectivity index is 2.16. The number of alkyl halides is 3. The molecule has 100 valence electrons. The average molecular weight is 267 g/mol. The summed E-state index contributed by atoms with van der Waals surface area (Å²) in [5.41, 5.74) is 5.81. The van der Waals surface area contributed by atoms with E-state index in [1.54, 1.807) is 0 Å². The minimum absolute atomic E-state index is 0.0891. The van der Waals surface area contributed by atoms with Gasteiger partial charge in [-0.3, -0.25) is 0 Å². The highest BCUT2D eigenvalue weighted by atomic mass is 19.4. The molecule has 2 aromatic rings. The lowest BCUT2D eigenvalue weighted by Gasteiger charge is -2.12. The lowest BCUT2D eigenvalue weighted by molar-refractivity contribution is -0.141. The topological polar surface area (TPSA) is 51.8 Å². The van der Waals surface area contributed by atoms with Crippen molar-refractivity contribution in [1.29, 1.82) is 0 Å². The van der Waals surface area contributed by atoms with Crippen LogP contribution in [0.5, 0.6) is 0 Å². The predicted molar refractivity (Wildman–Crippen MR) is 64.1 cm³/mol. The first-order valence-corrected chi connectivity index (χ1v) is 5.66. The second-order valence-corrected chi connectivity index (χ2v) is 4.08. The Hall–Kier alpha value is -1.95. The van der Waals surface area contributed by atoms with Crippen LogP contribution in [-0.4, -0.2) is 9.97 Å². The Morgan fingerprint density at radius 2 is 1.79 bits per heavy atom. The molecule has 0 spiro atoms. The number of nitrogens with two attached hydrogens (primary N) is 1. The molecule has 3 nitrogen and oxygen atoms in total. The summed E-state index contributed by atoms with van der Waals surface area (Å²) in [5.74, 6) is 0.0891. The van der Waals surface area contributed by atoms with Crippen LogP contribution in [-0.2, 0) is 12.6 Å². The van der Waals surface area contributed by atoms with Crippen LogP contribution in [0.15, 0.2) is 42.6 Å². The molecule has 1 aromatic heterocycles. The number of hydrogen-bond acceptors (Lipinski definition) is 3. The maximum absolute atomic E-state index is 12.5. The zero-order valence-electron chi connectivity index (χ0n) is 9.93. The van der Waals surface area contributed by atoms with Crippen LogP contribution in [0.2, 0.25) is 0 Å². The van der Waals surface area contributed by atoms with E-state index < -0.39 is 17.9 Å². The van der Waals surface area contributed by atoms with Crippen molar-refractivity contribution in [2.24, 2.45) is 5.73 Å². The van der Waals surface area contributed by atoms with Crippen molar-refractivity contribution in [3.05, 3.63) is 59.7 Å². The highest BCUT2D eigenvalue weighted by molar-refractivity contribution is 5.19. The summed E-state index contributed by atoms with van der Waals surface area (Å²) in [7, 11) is 0. The molecule has 6 heteroatoms. The van der Waals surface area contributed by atoms with Crippen molar-refractivity contribution in [2.75, 3.05) is 0 Å². The van der Waals surface area contributed by atoms with Crippen LogP contribution >= 0.6 is 0 Å². The molecule has 0 bridgehead atoms. The van der Waals surface area contributed by atoms with E-state index in [1.165, 1.54) is 0 Å². The summed E-state index contributed by atoms with van der Waals surface area (Å²) in [6, 6.07) is 9.54. The van der Waals surface area contributed by atoms with E-state index in [0.717, 1.165) is 17.8 Å². The Morgan fingerprint density at radius 3 is 2.42 bits per heavy atom. The molecule has 0 aliphatic carbocycles. The molecular weight excluding hydrogens is 255 g/mol. The molecule has 0 aliphatic rings. The molecular formula is C13H12F3N3. The van der Waals surface area contributed by atoms with Crippen molar-refractivity contribution in [2.45, 2.75) is 18.6 Å². The number of benzene rings is 1. The second kappa shape index (κ2) is 5.36. The highest BCUT2D eigenvalue weighted by Crippen LogP contribution is 2.27. The molecule has 0 saturated carbocycles. The van der Waals surface area contributed by atoms with Crippen LogP contribution in [0.1, 0.15) is 23.1 Å². The number of hydrogen-bond donors (Lipinski definition) is 1. The maximum Gasteiger partial charge on any atom is 0.433 e. The summed E-state index contributed by atoms with van der Waals surface area (Å²) in [5, 5.41) is 0. The average Bonchev–Trinajstić information content (AvgIpc) is 2.39. The first-order valence-electron chi connectivity index (χ1n) is 5.66. The fourth-order valence-corrected chi connectivity index (χ4v) is 1.67. The molecule has 2 N–H and O–H groups in total. The molecule has 1 aromatic carbocycles. The van der Waals surface area contributed by atoms with E-state index in [0.29, 0.717) is 0 Å². The molecule has 1 atom stereocenters. The third-order valence-corrected chi connectivity index (χ3v) is 2.63. The van der Waals surface area contributed by atoms with Crippen LogP contribution in [0, 0.1) is 0 Å². The normalized spacial score (nSPS) is 13.3. The van der Waals surface area contributed by atoms with Gasteiger partial charge in [-0.15, -0.1) is 0 Å². The summed E-state index contributed by atoms with van der Waals surface area (Å²) in [4.78, 5) is 7.32. The molecule has 2 rings (SSSR count). The largest absolute Gasteiger partial charge is 0.433 e. The van der Waals surface area contributed by atoms with Gasteiger partial charge < -0.3 is 5.73 Å². The molecule has 19 heavy (non-hydrogen) atoms. The Bertz CT molecular complexity index is 540. The number of nitrogens with zero attached hydrogens (tertiary/aromatic N) is 2. The van der Waals surface area contributed by atoms with E-state index in [-0.39, 0.29) is 12.2 Å². The lowest BCUT2D eigenvalue weighted by Crippen LogP contribution is -2.17. The smallest absolute Gasteiger partial charge is 0.324 e. The van der Waals surface area contributed by atoms with Gasteiger partial charge in [0.2, 0.25) is 0 Å². The minimum Gasteiger partial charge on any atom is -0.324 e. The van der Waals surface area contributed by atoms with Crippen molar-refractivity contribution in [1.82, 2.24) is 9.97 Å². The van der Waals surface area contributed by atoms with Gasteiger partial charge >= 0.3 is 6.18 Å².